The standard InChI is InChI=1S/C15H16BrFN2/c1-19(9-11-3-2-4-13(17)7-11)10-12-5-6-15(18)14(16)8-12/h2-8H,9-10,18H2,1H3. The van der Waals surface area contributed by atoms with Crippen molar-refractivity contribution in [2.24, 2.45) is 0 Å². The van der Waals surface area contributed by atoms with Crippen molar-refractivity contribution in [3.8, 4) is 0 Å². The molecule has 0 fully saturated rings. The fourth-order valence-corrected chi connectivity index (χ4v) is 2.41. The lowest BCUT2D eigenvalue weighted by Gasteiger charge is -2.17. The molecule has 0 amide bonds. The first-order valence-corrected chi connectivity index (χ1v) is 6.81. The van der Waals surface area contributed by atoms with Crippen LogP contribution >= 0.6 is 15.9 Å². The molecule has 0 bridgehead atoms. The highest BCUT2D eigenvalue weighted by Crippen LogP contribution is 2.21. The van der Waals surface area contributed by atoms with E-state index < -0.39 is 0 Å². The van der Waals surface area contributed by atoms with Gasteiger partial charge in [-0.15, -0.1) is 0 Å². The Morgan fingerprint density at radius 2 is 1.79 bits per heavy atom. The number of nitrogens with two attached hydrogens (primary N) is 1. The lowest BCUT2D eigenvalue weighted by molar-refractivity contribution is 0.318. The number of hydrogen-bond acceptors (Lipinski definition) is 2. The summed E-state index contributed by atoms with van der Waals surface area (Å²) < 4.78 is 14.0. The fraction of sp³-hybridized carbons (Fsp3) is 0.200. The summed E-state index contributed by atoms with van der Waals surface area (Å²) in [6.07, 6.45) is 0. The van der Waals surface area contributed by atoms with Gasteiger partial charge >= 0.3 is 0 Å². The quantitative estimate of drug-likeness (QED) is 0.867. The number of halogens is 2. The molecule has 2 aromatic rings. The van der Waals surface area contributed by atoms with Crippen molar-refractivity contribution in [1.82, 2.24) is 4.90 Å². The molecule has 2 nitrogen and oxygen atoms in total. The maximum atomic E-state index is 13.1. The van der Waals surface area contributed by atoms with E-state index in [4.69, 9.17) is 5.73 Å². The number of hydrogen-bond donors (Lipinski definition) is 1. The first-order valence-electron chi connectivity index (χ1n) is 6.01. The smallest absolute Gasteiger partial charge is 0.123 e. The van der Waals surface area contributed by atoms with Crippen molar-refractivity contribution in [3.63, 3.8) is 0 Å². The Morgan fingerprint density at radius 3 is 2.42 bits per heavy atom. The lowest BCUT2D eigenvalue weighted by atomic mass is 10.1. The van der Waals surface area contributed by atoms with Gasteiger partial charge in [-0.25, -0.2) is 4.39 Å². The first kappa shape index (κ1) is 14.0. The Kier molecular flexibility index (Phi) is 4.56. The largest absolute Gasteiger partial charge is 0.398 e. The summed E-state index contributed by atoms with van der Waals surface area (Å²) in [4.78, 5) is 2.13. The van der Waals surface area contributed by atoms with E-state index in [2.05, 4.69) is 20.8 Å². The van der Waals surface area contributed by atoms with Gasteiger partial charge in [0.25, 0.3) is 0 Å². The Hall–Kier alpha value is -1.39. The molecule has 0 heterocycles. The van der Waals surface area contributed by atoms with Gasteiger partial charge in [-0.2, -0.15) is 0 Å². The van der Waals surface area contributed by atoms with Crippen molar-refractivity contribution in [2.45, 2.75) is 13.1 Å². The molecule has 0 unspecified atom stereocenters. The summed E-state index contributed by atoms with van der Waals surface area (Å²) in [5, 5.41) is 0. The molecule has 0 radical (unpaired) electrons. The minimum atomic E-state index is -0.193. The maximum Gasteiger partial charge on any atom is 0.123 e. The number of nitrogens with zero attached hydrogens (tertiary/aromatic N) is 1. The predicted octanol–water partition coefficient (Wildman–Crippen LogP) is 3.80. The molecule has 2 N–H and O–H groups in total. The highest BCUT2D eigenvalue weighted by molar-refractivity contribution is 9.10. The third kappa shape index (κ3) is 4.04. The van der Waals surface area contributed by atoms with Gasteiger partial charge in [-0.1, -0.05) is 18.2 Å². The van der Waals surface area contributed by atoms with E-state index in [0.29, 0.717) is 6.54 Å². The minimum Gasteiger partial charge on any atom is -0.398 e. The molecule has 2 aromatic carbocycles. The van der Waals surface area contributed by atoms with Crippen molar-refractivity contribution in [3.05, 3.63) is 63.9 Å². The Morgan fingerprint density at radius 1 is 1.11 bits per heavy atom. The van der Waals surface area contributed by atoms with E-state index in [1.807, 2.05) is 31.3 Å². The van der Waals surface area contributed by atoms with Gasteiger partial charge < -0.3 is 5.73 Å². The van der Waals surface area contributed by atoms with E-state index in [1.54, 1.807) is 12.1 Å². The molecule has 4 heteroatoms. The molecular weight excluding hydrogens is 307 g/mol. The van der Waals surface area contributed by atoms with Gasteiger partial charge in [0, 0.05) is 23.2 Å². The molecule has 0 spiro atoms. The highest BCUT2D eigenvalue weighted by atomic mass is 79.9. The zero-order chi connectivity index (χ0) is 13.8. The molecule has 100 valence electrons. The summed E-state index contributed by atoms with van der Waals surface area (Å²) in [5.74, 6) is -0.193. The average molecular weight is 323 g/mol. The van der Waals surface area contributed by atoms with Crippen molar-refractivity contribution in [2.75, 3.05) is 12.8 Å². The van der Waals surface area contributed by atoms with Gasteiger partial charge in [-0.05, 0) is 58.4 Å². The second-order valence-corrected chi connectivity index (χ2v) is 5.51. The summed E-state index contributed by atoms with van der Waals surface area (Å²) in [5.41, 5.74) is 8.63. The van der Waals surface area contributed by atoms with Crippen LogP contribution in [-0.2, 0) is 13.1 Å². The first-order chi connectivity index (χ1) is 9.04. The van der Waals surface area contributed by atoms with E-state index in [9.17, 15) is 4.39 Å². The molecule has 0 aliphatic heterocycles. The van der Waals surface area contributed by atoms with Crippen LogP contribution in [0.3, 0.4) is 0 Å². The minimum absolute atomic E-state index is 0.193. The normalized spacial score (nSPS) is 10.9. The maximum absolute atomic E-state index is 13.1. The topological polar surface area (TPSA) is 29.3 Å². The van der Waals surface area contributed by atoms with Crippen LogP contribution in [0.1, 0.15) is 11.1 Å². The van der Waals surface area contributed by atoms with E-state index in [1.165, 1.54) is 11.6 Å². The predicted molar refractivity (Wildman–Crippen MR) is 80.1 cm³/mol. The summed E-state index contributed by atoms with van der Waals surface area (Å²) >= 11 is 3.42. The highest BCUT2D eigenvalue weighted by Gasteiger charge is 2.04. The zero-order valence-electron chi connectivity index (χ0n) is 10.7. The lowest BCUT2D eigenvalue weighted by Crippen LogP contribution is -2.17. The summed E-state index contributed by atoms with van der Waals surface area (Å²) in [6, 6.07) is 12.6. The van der Waals surface area contributed by atoms with Crippen LogP contribution in [0.15, 0.2) is 46.9 Å². The van der Waals surface area contributed by atoms with Crippen LogP contribution in [0, 0.1) is 5.82 Å². The van der Waals surface area contributed by atoms with Gasteiger partial charge in [0.05, 0.1) is 0 Å². The van der Waals surface area contributed by atoms with E-state index >= 15 is 0 Å². The monoisotopic (exact) mass is 322 g/mol. The van der Waals surface area contributed by atoms with Gasteiger partial charge in [0.15, 0.2) is 0 Å². The molecule has 0 aliphatic rings. The number of benzene rings is 2. The van der Waals surface area contributed by atoms with E-state index in [0.717, 1.165) is 22.3 Å². The molecule has 2 rings (SSSR count). The zero-order valence-corrected chi connectivity index (χ0v) is 12.3. The molecule has 19 heavy (non-hydrogen) atoms. The fourth-order valence-electron chi connectivity index (χ4n) is 1.98. The van der Waals surface area contributed by atoms with Gasteiger partial charge in [-0.3, -0.25) is 4.90 Å². The average Bonchev–Trinajstić information content (AvgIpc) is 2.34. The van der Waals surface area contributed by atoms with Crippen molar-refractivity contribution < 1.29 is 4.39 Å². The molecule has 0 atom stereocenters. The van der Waals surface area contributed by atoms with Crippen molar-refractivity contribution in [1.29, 1.82) is 0 Å². The van der Waals surface area contributed by atoms with Gasteiger partial charge in [0.2, 0.25) is 0 Å². The Labute approximate surface area is 121 Å². The van der Waals surface area contributed by atoms with Crippen molar-refractivity contribution >= 4 is 21.6 Å². The number of rotatable bonds is 4. The summed E-state index contributed by atoms with van der Waals surface area (Å²) in [7, 11) is 2.01. The second kappa shape index (κ2) is 6.17. The third-order valence-electron chi connectivity index (χ3n) is 2.86. The molecule has 0 saturated heterocycles. The Bertz CT molecular complexity index is 572. The molecular formula is C15H16BrFN2. The van der Waals surface area contributed by atoms with Crippen LogP contribution in [0.2, 0.25) is 0 Å². The molecule has 0 aromatic heterocycles. The SMILES string of the molecule is CN(Cc1cccc(F)c1)Cc1ccc(N)c(Br)c1. The third-order valence-corrected chi connectivity index (χ3v) is 3.55. The second-order valence-electron chi connectivity index (χ2n) is 4.66. The Balaban J connectivity index is 2.01. The molecule has 0 saturated carbocycles. The molecule has 0 aliphatic carbocycles. The van der Waals surface area contributed by atoms with Crippen LogP contribution in [0.25, 0.3) is 0 Å². The van der Waals surface area contributed by atoms with Crippen LogP contribution in [0.4, 0.5) is 10.1 Å². The number of nitrogen functional groups attached to an aromatic ring is 1. The number of anilines is 1. The van der Waals surface area contributed by atoms with E-state index in [-0.39, 0.29) is 5.82 Å². The summed E-state index contributed by atoms with van der Waals surface area (Å²) in [6.45, 7) is 1.50. The van der Waals surface area contributed by atoms with Crippen LogP contribution in [-0.4, -0.2) is 11.9 Å². The van der Waals surface area contributed by atoms with Gasteiger partial charge in [0.1, 0.15) is 5.82 Å². The van der Waals surface area contributed by atoms with Crippen LogP contribution < -0.4 is 5.73 Å². The van der Waals surface area contributed by atoms with Crippen LogP contribution in [0.5, 0.6) is 0 Å².